The van der Waals surface area contributed by atoms with E-state index in [1.165, 1.54) is 19.4 Å². The summed E-state index contributed by atoms with van der Waals surface area (Å²) in [6.07, 6.45) is 1.43. The summed E-state index contributed by atoms with van der Waals surface area (Å²) in [6.45, 7) is 0. The molecular formula is C13H14N4O3S2. The molecule has 4 N–H and O–H groups in total. The van der Waals surface area contributed by atoms with E-state index in [2.05, 4.69) is 10.5 Å². The third-order valence-electron chi connectivity index (χ3n) is 2.85. The second-order valence-corrected chi connectivity index (χ2v) is 5.92. The monoisotopic (exact) mass is 338 g/mol. The van der Waals surface area contributed by atoms with Crippen LogP contribution < -0.4 is 15.9 Å². The standard InChI is InChI=1S/C13H14N4O3S2/c1-17-11(14)10(22-13(17)21)12(19)16-15-6-7-3-4-8(18)9(5-7)20-2/h3-6,18H,14H2,1-2H3,(H,16,19). The molecule has 1 heterocycles. The lowest BCUT2D eigenvalue weighted by Gasteiger charge is -2.03. The average molecular weight is 338 g/mol. The van der Waals surface area contributed by atoms with Crippen LogP contribution in [0, 0.1) is 3.95 Å². The maximum atomic E-state index is 12.0. The number of nitrogens with one attached hydrogen (secondary N) is 1. The highest BCUT2D eigenvalue weighted by molar-refractivity contribution is 7.73. The molecule has 0 aliphatic rings. The highest BCUT2D eigenvalue weighted by Gasteiger charge is 2.14. The molecule has 0 aliphatic heterocycles. The SMILES string of the molecule is COc1cc(C=NNC(=O)c2sc(=S)n(C)c2N)ccc1O. The number of amides is 1. The number of anilines is 1. The number of methoxy groups -OCH3 is 1. The number of ether oxygens (including phenoxy) is 1. The molecule has 0 unspecified atom stereocenters. The number of phenolic OH excluding ortho intramolecular Hbond substituents is 1. The van der Waals surface area contributed by atoms with Gasteiger partial charge in [0.1, 0.15) is 10.7 Å². The number of phenols is 1. The van der Waals surface area contributed by atoms with E-state index in [-0.39, 0.29) is 5.75 Å². The summed E-state index contributed by atoms with van der Waals surface area (Å²) in [5, 5.41) is 13.3. The molecule has 9 heteroatoms. The molecule has 1 aromatic heterocycles. The van der Waals surface area contributed by atoms with Crippen molar-refractivity contribution in [2.75, 3.05) is 12.8 Å². The maximum absolute atomic E-state index is 12.0. The Bertz CT molecular complexity index is 795. The fourth-order valence-corrected chi connectivity index (χ4v) is 2.75. The lowest BCUT2D eigenvalue weighted by atomic mass is 10.2. The lowest BCUT2D eigenvalue weighted by Crippen LogP contribution is -2.18. The fourth-order valence-electron chi connectivity index (χ4n) is 1.61. The van der Waals surface area contributed by atoms with Gasteiger partial charge < -0.3 is 20.1 Å². The number of benzene rings is 1. The van der Waals surface area contributed by atoms with Crippen molar-refractivity contribution < 1.29 is 14.6 Å². The second kappa shape index (κ2) is 6.58. The average Bonchev–Trinajstić information content (AvgIpc) is 2.76. The predicted molar refractivity (Wildman–Crippen MR) is 88.3 cm³/mol. The molecule has 0 radical (unpaired) electrons. The van der Waals surface area contributed by atoms with E-state index in [4.69, 9.17) is 22.7 Å². The first-order chi connectivity index (χ1) is 10.4. The van der Waals surface area contributed by atoms with Crippen LogP contribution in [0.5, 0.6) is 11.5 Å². The van der Waals surface area contributed by atoms with E-state index in [0.29, 0.717) is 26.0 Å². The number of aromatic hydroxyl groups is 1. The lowest BCUT2D eigenvalue weighted by molar-refractivity contribution is 0.0959. The molecule has 1 amide bonds. The minimum Gasteiger partial charge on any atom is -0.504 e. The molecule has 2 aromatic rings. The Hall–Kier alpha value is -2.39. The number of hydrazone groups is 1. The Morgan fingerprint density at radius 2 is 2.32 bits per heavy atom. The molecule has 0 saturated carbocycles. The zero-order chi connectivity index (χ0) is 16.3. The van der Waals surface area contributed by atoms with Gasteiger partial charge in [-0.2, -0.15) is 5.10 Å². The van der Waals surface area contributed by atoms with E-state index >= 15 is 0 Å². The highest BCUT2D eigenvalue weighted by Crippen LogP contribution is 2.25. The number of carbonyl (C=O) groups is 1. The molecule has 0 fully saturated rings. The van der Waals surface area contributed by atoms with Gasteiger partial charge in [-0.1, -0.05) is 11.3 Å². The number of nitrogen functional groups attached to an aromatic ring is 1. The van der Waals surface area contributed by atoms with Crippen molar-refractivity contribution in [2.45, 2.75) is 0 Å². The summed E-state index contributed by atoms with van der Waals surface area (Å²) in [6, 6.07) is 4.70. The van der Waals surface area contributed by atoms with Crippen LogP contribution in [0.15, 0.2) is 23.3 Å². The predicted octanol–water partition coefficient (Wildman–Crippen LogP) is 1.88. The van der Waals surface area contributed by atoms with E-state index < -0.39 is 5.91 Å². The van der Waals surface area contributed by atoms with E-state index in [1.54, 1.807) is 23.7 Å². The van der Waals surface area contributed by atoms with Crippen molar-refractivity contribution >= 4 is 41.5 Å². The zero-order valence-corrected chi connectivity index (χ0v) is 13.5. The molecule has 1 aromatic carbocycles. The van der Waals surface area contributed by atoms with Crippen LogP contribution in [-0.2, 0) is 7.05 Å². The van der Waals surface area contributed by atoms with Gasteiger partial charge in [-0.25, -0.2) is 5.43 Å². The number of nitrogens with two attached hydrogens (primary N) is 1. The third-order valence-corrected chi connectivity index (χ3v) is 4.42. The van der Waals surface area contributed by atoms with Gasteiger partial charge in [-0.15, -0.1) is 0 Å². The normalized spacial score (nSPS) is 10.8. The number of thiazole rings is 1. The van der Waals surface area contributed by atoms with Crippen LogP contribution in [0.4, 0.5) is 5.82 Å². The summed E-state index contributed by atoms with van der Waals surface area (Å²) in [5.41, 5.74) is 8.83. The van der Waals surface area contributed by atoms with Crippen LogP contribution in [0.2, 0.25) is 0 Å². The van der Waals surface area contributed by atoms with Crippen LogP contribution in [-0.4, -0.2) is 28.9 Å². The molecule has 0 spiro atoms. The topological polar surface area (TPSA) is 102 Å². The Morgan fingerprint density at radius 3 is 2.91 bits per heavy atom. The molecule has 7 nitrogen and oxygen atoms in total. The number of nitrogens with zero attached hydrogens (tertiary/aromatic N) is 2. The second-order valence-electron chi connectivity index (χ2n) is 4.27. The van der Waals surface area contributed by atoms with Gasteiger partial charge in [0.15, 0.2) is 15.5 Å². The largest absolute Gasteiger partial charge is 0.504 e. The fraction of sp³-hybridized carbons (Fsp3) is 0.154. The van der Waals surface area contributed by atoms with Gasteiger partial charge in [0.2, 0.25) is 0 Å². The van der Waals surface area contributed by atoms with Gasteiger partial charge >= 0.3 is 0 Å². The van der Waals surface area contributed by atoms with E-state index in [9.17, 15) is 9.90 Å². The van der Waals surface area contributed by atoms with Crippen molar-refractivity contribution in [3.63, 3.8) is 0 Å². The van der Waals surface area contributed by atoms with Crippen molar-refractivity contribution in [3.8, 4) is 11.5 Å². The minimum atomic E-state index is -0.434. The molecular weight excluding hydrogens is 324 g/mol. The quantitative estimate of drug-likeness (QED) is 0.449. The summed E-state index contributed by atoms with van der Waals surface area (Å²) < 4.78 is 7.05. The molecule has 0 bridgehead atoms. The van der Waals surface area contributed by atoms with Gasteiger partial charge in [0.25, 0.3) is 5.91 Å². The first-order valence-corrected chi connectivity index (χ1v) is 7.32. The molecule has 116 valence electrons. The molecule has 0 saturated heterocycles. The Kier molecular flexibility index (Phi) is 4.78. The number of hydrogen-bond acceptors (Lipinski definition) is 7. The molecule has 0 aliphatic carbocycles. The van der Waals surface area contributed by atoms with Gasteiger partial charge in [-0.05, 0) is 36.0 Å². The van der Waals surface area contributed by atoms with Crippen molar-refractivity contribution in [1.82, 2.24) is 9.99 Å². The Labute approximate surface area is 135 Å². The third kappa shape index (κ3) is 3.26. The Balaban J connectivity index is 2.10. The van der Waals surface area contributed by atoms with Crippen molar-refractivity contribution in [3.05, 3.63) is 32.6 Å². The summed E-state index contributed by atoms with van der Waals surface area (Å²) in [7, 11) is 3.14. The number of aromatic nitrogens is 1. The number of carbonyl (C=O) groups excluding carboxylic acids is 1. The first kappa shape index (κ1) is 16.0. The molecule has 22 heavy (non-hydrogen) atoms. The van der Waals surface area contributed by atoms with Gasteiger partial charge in [0.05, 0.1) is 13.3 Å². The molecule has 0 atom stereocenters. The zero-order valence-electron chi connectivity index (χ0n) is 11.9. The van der Waals surface area contributed by atoms with Crippen LogP contribution in [0.25, 0.3) is 0 Å². The highest BCUT2D eigenvalue weighted by atomic mass is 32.1. The summed E-state index contributed by atoms with van der Waals surface area (Å²) >= 11 is 6.17. The van der Waals surface area contributed by atoms with E-state index in [1.807, 2.05) is 0 Å². The van der Waals surface area contributed by atoms with Gasteiger partial charge in [0, 0.05) is 7.05 Å². The van der Waals surface area contributed by atoms with Crippen molar-refractivity contribution in [2.24, 2.45) is 12.1 Å². The summed E-state index contributed by atoms with van der Waals surface area (Å²) in [5.74, 6) is 0.214. The van der Waals surface area contributed by atoms with Gasteiger partial charge in [-0.3, -0.25) is 4.79 Å². The minimum absolute atomic E-state index is 0.0283. The first-order valence-electron chi connectivity index (χ1n) is 6.09. The number of hydrogen-bond donors (Lipinski definition) is 3. The number of rotatable bonds is 4. The van der Waals surface area contributed by atoms with Crippen LogP contribution in [0.3, 0.4) is 0 Å². The summed E-state index contributed by atoms with van der Waals surface area (Å²) in [4.78, 5) is 12.3. The smallest absolute Gasteiger partial charge is 0.285 e. The van der Waals surface area contributed by atoms with Crippen LogP contribution >= 0.6 is 23.6 Å². The van der Waals surface area contributed by atoms with Crippen molar-refractivity contribution in [1.29, 1.82) is 0 Å². The van der Waals surface area contributed by atoms with Crippen LogP contribution in [0.1, 0.15) is 15.2 Å². The maximum Gasteiger partial charge on any atom is 0.285 e. The Morgan fingerprint density at radius 1 is 1.59 bits per heavy atom. The molecule has 2 rings (SSSR count). The van der Waals surface area contributed by atoms with E-state index in [0.717, 1.165) is 11.3 Å².